The zero-order valence-corrected chi connectivity index (χ0v) is 8.81. The molecule has 68 valence electrons. The molecule has 1 N–H and O–H groups in total. The third kappa shape index (κ3) is 1.42. The van der Waals surface area contributed by atoms with Gasteiger partial charge in [-0.05, 0) is 28.1 Å². The van der Waals surface area contributed by atoms with Gasteiger partial charge in [-0.15, -0.1) is 0 Å². The average molecular weight is 261 g/mol. The highest BCUT2D eigenvalue weighted by Gasteiger charge is 2.22. The molecule has 0 atom stereocenters. The van der Waals surface area contributed by atoms with E-state index < -0.39 is 5.97 Å². The van der Waals surface area contributed by atoms with Crippen LogP contribution in [0.1, 0.15) is 10.4 Å². The molecule has 3 nitrogen and oxygen atoms in total. The third-order valence-corrected chi connectivity index (χ3v) is 3.26. The van der Waals surface area contributed by atoms with Gasteiger partial charge in [0.25, 0.3) is 0 Å². The second-order valence-electron chi connectivity index (χ2n) is 2.46. The van der Waals surface area contributed by atoms with Gasteiger partial charge in [0.1, 0.15) is 11.7 Å². The number of carboxylic acid groups (broad SMARTS) is 1. The fraction of sp³-hybridized carbons (Fsp3) is 0.125. The maximum Gasteiger partial charge on any atom is 0.336 e. The van der Waals surface area contributed by atoms with Gasteiger partial charge in [-0.3, -0.25) is 0 Å². The van der Waals surface area contributed by atoms with Crippen molar-refractivity contribution in [1.29, 1.82) is 0 Å². The SMILES string of the molecule is O=C(O)c1ccc(Br)c2c1SCO2. The number of rotatable bonds is 1. The minimum Gasteiger partial charge on any atom is -0.480 e. The summed E-state index contributed by atoms with van der Waals surface area (Å²) in [6, 6.07) is 3.26. The topological polar surface area (TPSA) is 46.5 Å². The van der Waals surface area contributed by atoms with Gasteiger partial charge in [0, 0.05) is 0 Å². The Kier molecular flexibility index (Phi) is 2.21. The molecule has 1 aliphatic heterocycles. The van der Waals surface area contributed by atoms with Gasteiger partial charge >= 0.3 is 5.97 Å². The highest BCUT2D eigenvalue weighted by molar-refractivity contribution is 9.10. The highest BCUT2D eigenvalue weighted by atomic mass is 79.9. The number of aromatic carboxylic acids is 1. The molecule has 0 amide bonds. The quantitative estimate of drug-likeness (QED) is 0.844. The largest absolute Gasteiger partial charge is 0.480 e. The molecular weight excluding hydrogens is 256 g/mol. The molecule has 0 saturated carbocycles. The first-order chi connectivity index (χ1) is 6.20. The van der Waals surface area contributed by atoms with Crippen LogP contribution in [-0.2, 0) is 0 Å². The van der Waals surface area contributed by atoms with E-state index in [2.05, 4.69) is 15.9 Å². The van der Waals surface area contributed by atoms with Crippen molar-refractivity contribution < 1.29 is 14.6 Å². The number of carboxylic acids is 1. The molecule has 5 heteroatoms. The van der Waals surface area contributed by atoms with Gasteiger partial charge in [-0.1, -0.05) is 11.8 Å². The Labute approximate surface area is 87.2 Å². The van der Waals surface area contributed by atoms with E-state index in [1.165, 1.54) is 11.8 Å². The van der Waals surface area contributed by atoms with E-state index in [0.29, 0.717) is 22.1 Å². The molecule has 0 radical (unpaired) electrons. The van der Waals surface area contributed by atoms with Crippen molar-refractivity contribution in [2.75, 3.05) is 5.94 Å². The molecular formula is C8H5BrO3S. The second-order valence-corrected chi connectivity index (χ2v) is 4.25. The fourth-order valence-electron chi connectivity index (χ4n) is 1.13. The minimum atomic E-state index is -0.915. The number of hydrogen-bond donors (Lipinski definition) is 1. The standard InChI is InChI=1S/C8H5BrO3S/c9-5-2-1-4(8(10)11)7-6(5)12-3-13-7/h1-2H,3H2,(H,10,11). The minimum absolute atomic E-state index is 0.306. The van der Waals surface area contributed by atoms with Gasteiger partial charge in [-0.2, -0.15) is 0 Å². The van der Waals surface area contributed by atoms with Crippen molar-refractivity contribution in [2.45, 2.75) is 4.90 Å². The summed E-state index contributed by atoms with van der Waals surface area (Å²) in [7, 11) is 0. The molecule has 2 rings (SSSR count). The van der Waals surface area contributed by atoms with Gasteiger partial charge in [0.15, 0.2) is 0 Å². The zero-order valence-electron chi connectivity index (χ0n) is 6.41. The van der Waals surface area contributed by atoms with Crippen molar-refractivity contribution in [1.82, 2.24) is 0 Å². The molecule has 1 aliphatic rings. The summed E-state index contributed by atoms with van der Waals surface area (Å²) in [5.41, 5.74) is 0.306. The summed E-state index contributed by atoms with van der Waals surface area (Å²) in [5, 5.41) is 8.86. The summed E-state index contributed by atoms with van der Waals surface area (Å²) in [4.78, 5) is 11.5. The number of carbonyl (C=O) groups is 1. The van der Waals surface area contributed by atoms with Crippen molar-refractivity contribution in [3.05, 3.63) is 22.2 Å². The lowest BCUT2D eigenvalue weighted by atomic mass is 10.2. The Bertz CT molecular complexity index is 378. The number of fused-ring (bicyclic) bond motifs is 1. The smallest absolute Gasteiger partial charge is 0.336 e. The molecule has 0 aromatic heterocycles. The lowest BCUT2D eigenvalue weighted by molar-refractivity contribution is 0.0692. The number of halogens is 1. The first-order valence-corrected chi connectivity index (χ1v) is 5.29. The molecule has 13 heavy (non-hydrogen) atoms. The second kappa shape index (κ2) is 3.23. The molecule has 0 bridgehead atoms. The number of ether oxygens (including phenoxy) is 1. The van der Waals surface area contributed by atoms with E-state index in [1.54, 1.807) is 12.1 Å². The van der Waals surface area contributed by atoms with Gasteiger partial charge < -0.3 is 9.84 Å². The van der Waals surface area contributed by atoms with Crippen LogP contribution in [0.15, 0.2) is 21.5 Å². The Morgan fingerprint density at radius 1 is 1.62 bits per heavy atom. The predicted octanol–water partition coefficient (Wildman–Crippen LogP) is 2.59. The Morgan fingerprint density at radius 3 is 3.08 bits per heavy atom. The van der Waals surface area contributed by atoms with Crippen LogP contribution in [0, 0.1) is 0 Å². The Hall–Kier alpha value is -0.680. The molecule has 1 aromatic carbocycles. The van der Waals surface area contributed by atoms with Crippen molar-refractivity contribution in [3.63, 3.8) is 0 Å². The molecule has 1 aromatic rings. The molecule has 0 spiro atoms. The van der Waals surface area contributed by atoms with E-state index in [4.69, 9.17) is 9.84 Å². The van der Waals surface area contributed by atoms with Crippen LogP contribution >= 0.6 is 27.7 Å². The highest BCUT2D eigenvalue weighted by Crippen LogP contribution is 2.43. The number of benzene rings is 1. The lowest BCUT2D eigenvalue weighted by Crippen LogP contribution is -1.97. The van der Waals surface area contributed by atoms with E-state index in [-0.39, 0.29) is 0 Å². The normalized spacial score (nSPS) is 13.6. The maximum atomic E-state index is 10.8. The third-order valence-electron chi connectivity index (χ3n) is 1.70. The average Bonchev–Trinajstić information content (AvgIpc) is 2.53. The summed E-state index contributed by atoms with van der Waals surface area (Å²) >= 11 is 4.70. The first kappa shape index (κ1) is 8.90. The van der Waals surface area contributed by atoms with Crippen LogP contribution in [0.25, 0.3) is 0 Å². The van der Waals surface area contributed by atoms with Crippen LogP contribution < -0.4 is 4.74 Å². The van der Waals surface area contributed by atoms with Gasteiger partial charge in [0.05, 0.1) is 14.9 Å². The molecule has 1 heterocycles. The first-order valence-electron chi connectivity index (χ1n) is 3.51. The molecule has 0 fully saturated rings. The predicted molar refractivity (Wildman–Crippen MR) is 52.5 cm³/mol. The van der Waals surface area contributed by atoms with E-state index >= 15 is 0 Å². The van der Waals surface area contributed by atoms with Crippen LogP contribution in [-0.4, -0.2) is 17.0 Å². The van der Waals surface area contributed by atoms with E-state index in [0.717, 1.165) is 4.47 Å². The van der Waals surface area contributed by atoms with E-state index in [1.807, 2.05) is 0 Å². The fourth-order valence-corrected chi connectivity index (χ4v) is 2.61. The summed E-state index contributed by atoms with van der Waals surface area (Å²) in [6.07, 6.45) is 0. The van der Waals surface area contributed by atoms with Crippen molar-refractivity contribution in [3.8, 4) is 5.75 Å². The van der Waals surface area contributed by atoms with Crippen molar-refractivity contribution in [2.24, 2.45) is 0 Å². The van der Waals surface area contributed by atoms with Gasteiger partial charge in [-0.25, -0.2) is 4.79 Å². The lowest BCUT2D eigenvalue weighted by Gasteiger charge is -2.03. The van der Waals surface area contributed by atoms with Crippen LogP contribution in [0.3, 0.4) is 0 Å². The Morgan fingerprint density at radius 2 is 2.38 bits per heavy atom. The maximum absolute atomic E-state index is 10.8. The number of hydrogen-bond acceptors (Lipinski definition) is 3. The summed E-state index contributed by atoms with van der Waals surface area (Å²) in [5.74, 6) is 0.213. The number of thioether (sulfide) groups is 1. The van der Waals surface area contributed by atoms with Crippen LogP contribution in [0.2, 0.25) is 0 Å². The molecule has 0 unspecified atom stereocenters. The van der Waals surface area contributed by atoms with Gasteiger partial charge in [0.2, 0.25) is 0 Å². The summed E-state index contributed by atoms with van der Waals surface area (Å²) < 4.78 is 6.08. The van der Waals surface area contributed by atoms with E-state index in [9.17, 15) is 4.79 Å². The molecule has 0 saturated heterocycles. The van der Waals surface area contributed by atoms with Crippen molar-refractivity contribution >= 4 is 33.7 Å². The van der Waals surface area contributed by atoms with Crippen LogP contribution in [0.5, 0.6) is 5.75 Å². The Balaban J connectivity index is 2.62. The molecule has 0 aliphatic carbocycles. The van der Waals surface area contributed by atoms with Crippen LogP contribution in [0.4, 0.5) is 0 Å². The summed E-state index contributed by atoms with van der Waals surface area (Å²) in [6.45, 7) is 0. The zero-order chi connectivity index (χ0) is 9.42. The monoisotopic (exact) mass is 260 g/mol.